The zero-order valence-corrected chi connectivity index (χ0v) is 16.7. The first-order valence-corrected chi connectivity index (χ1v) is 10.4. The van der Waals surface area contributed by atoms with Crippen LogP contribution in [0.15, 0.2) is 53.4 Å². The van der Waals surface area contributed by atoms with Crippen molar-refractivity contribution in [3.8, 4) is 5.75 Å². The van der Waals surface area contributed by atoms with E-state index in [1.165, 1.54) is 36.4 Å². The number of sulfonamides is 1. The highest BCUT2D eigenvalue weighted by molar-refractivity contribution is 7.89. The van der Waals surface area contributed by atoms with Gasteiger partial charge in [-0.25, -0.2) is 18.7 Å². The van der Waals surface area contributed by atoms with E-state index in [0.29, 0.717) is 5.75 Å². The molecule has 3 rings (SSSR count). The third-order valence-electron chi connectivity index (χ3n) is 4.56. The van der Waals surface area contributed by atoms with Crippen LogP contribution >= 0.6 is 0 Å². The molecule has 5 N–H and O–H groups in total. The molecular formula is C19H23FN2O7S. The molecule has 0 aliphatic carbocycles. The van der Waals surface area contributed by atoms with Gasteiger partial charge in [-0.2, -0.15) is 4.31 Å². The van der Waals surface area contributed by atoms with Crippen LogP contribution in [0.4, 0.5) is 4.39 Å². The van der Waals surface area contributed by atoms with Crippen LogP contribution in [-0.4, -0.2) is 52.8 Å². The van der Waals surface area contributed by atoms with Crippen molar-refractivity contribution in [2.24, 2.45) is 5.90 Å². The molecule has 0 aromatic heterocycles. The number of aliphatic hydroxyl groups is 1. The molecule has 0 spiro atoms. The van der Waals surface area contributed by atoms with Crippen LogP contribution in [0.3, 0.4) is 0 Å². The maximum Gasteiger partial charge on any atom is 0.322 e. The lowest BCUT2D eigenvalue weighted by atomic mass is 10.0. The molecule has 0 saturated carbocycles. The number of hydrogen-bond donors (Lipinski definition) is 4. The number of benzene rings is 2. The van der Waals surface area contributed by atoms with Crippen LogP contribution in [-0.2, 0) is 21.4 Å². The van der Waals surface area contributed by atoms with Gasteiger partial charge in [0.25, 0.3) is 0 Å². The molecule has 0 unspecified atom stereocenters. The molecule has 0 bridgehead atoms. The van der Waals surface area contributed by atoms with E-state index >= 15 is 0 Å². The van der Waals surface area contributed by atoms with E-state index in [4.69, 9.17) is 9.94 Å². The van der Waals surface area contributed by atoms with Gasteiger partial charge in [0.1, 0.15) is 24.2 Å². The average Bonchev–Trinajstić information content (AvgIpc) is 2.75. The average molecular weight is 442 g/mol. The van der Waals surface area contributed by atoms with Gasteiger partial charge in [-0.05, 0) is 48.4 Å². The molecule has 164 valence electrons. The second-order valence-electron chi connectivity index (χ2n) is 6.53. The fraction of sp³-hybridized carbons (Fsp3) is 0.316. The second-order valence-corrected chi connectivity index (χ2v) is 8.43. The van der Waals surface area contributed by atoms with E-state index in [1.807, 2.05) is 0 Å². The van der Waals surface area contributed by atoms with Crippen molar-refractivity contribution >= 4 is 16.0 Å². The number of nitrogens with zero attached hydrogens (tertiary/aromatic N) is 1. The molecule has 11 heteroatoms. The summed E-state index contributed by atoms with van der Waals surface area (Å²) in [6.45, 7) is 0.126. The van der Waals surface area contributed by atoms with Crippen LogP contribution in [0.1, 0.15) is 18.4 Å². The van der Waals surface area contributed by atoms with E-state index in [9.17, 15) is 27.8 Å². The van der Waals surface area contributed by atoms with E-state index in [2.05, 4.69) is 5.90 Å². The molecule has 1 saturated heterocycles. The Morgan fingerprint density at radius 1 is 1.13 bits per heavy atom. The predicted octanol–water partition coefficient (Wildman–Crippen LogP) is 1.34. The second kappa shape index (κ2) is 10.5. The number of hydrogen-bond acceptors (Lipinski definition) is 7. The minimum Gasteiger partial charge on any atom is -0.489 e. The molecule has 2 atom stereocenters. The molecule has 1 fully saturated rings. The first-order valence-electron chi connectivity index (χ1n) is 8.93. The van der Waals surface area contributed by atoms with Gasteiger partial charge >= 0.3 is 5.97 Å². The molecule has 30 heavy (non-hydrogen) atoms. The highest BCUT2D eigenvalue weighted by Crippen LogP contribution is 2.27. The van der Waals surface area contributed by atoms with Crippen LogP contribution < -0.4 is 10.6 Å². The smallest absolute Gasteiger partial charge is 0.322 e. The Bertz CT molecular complexity index is 936. The summed E-state index contributed by atoms with van der Waals surface area (Å²) < 4.78 is 45.1. The first-order chi connectivity index (χ1) is 14.3. The molecule has 9 nitrogen and oxygen atoms in total. The van der Waals surface area contributed by atoms with Gasteiger partial charge in [-0.15, -0.1) is 0 Å². The van der Waals surface area contributed by atoms with Crippen molar-refractivity contribution in [2.75, 3.05) is 6.54 Å². The molecular weight excluding hydrogens is 419 g/mol. The Hall–Kier alpha value is -2.57. The molecule has 0 amide bonds. The van der Waals surface area contributed by atoms with Crippen LogP contribution in [0, 0.1) is 5.82 Å². The number of aliphatic hydroxyl groups excluding tert-OH is 1. The number of piperidine rings is 1. The van der Waals surface area contributed by atoms with Crippen molar-refractivity contribution < 1.29 is 37.8 Å². The number of aliphatic carboxylic acids is 1. The zero-order valence-electron chi connectivity index (χ0n) is 15.9. The minimum atomic E-state index is -4.02. The number of ether oxygens (including phenoxy) is 1. The van der Waals surface area contributed by atoms with Gasteiger partial charge in [-0.3, -0.25) is 4.79 Å². The summed E-state index contributed by atoms with van der Waals surface area (Å²) in [5, 5.41) is 25.5. The molecule has 1 aliphatic rings. The highest BCUT2D eigenvalue weighted by Gasteiger charge is 2.40. The lowest BCUT2D eigenvalue weighted by Crippen LogP contribution is -2.51. The van der Waals surface area contributed by atoms with Gasteiger partial charge in [-0.1, -0.05) is 12.1 Å². The van der Waals surface area contributed by atoms with Gasteiger partial charge in [0, 0.05) is 13.0 Å². The number of carboxylic acids is 1. The molecule has 1 heterocycles. The monoisotopic (exact) mass is 442 g/mol. The molecule has 0 radical (unpaired) electrons. The quantitative estimate of drug-likeness (QED) is 0.490. The fourth-order valence-corrected chi connectivity index (χ4v) is 4.64. The number of carboxylic acid groups (broad SMARTS) is 1. The van der Waals surface area contributed by atoms with Crippen molar-refractivity contribution in [1.29, 1.82) is 0 Å². The van der Waals surface area contributed by atoms with Crippen molar-refractivity contribution in [2.45, 2.75) is 36.5 Å². The Labute approximate surface area is 173 Å². The number of carbonyl (C=O) groups is 1. The fourth-order valence-electron chi connectivity index (χ4n) is 3.03. The Morgan fingerprint density at radius 2 is 1.73 bits per heavy atom. The minimum absolute atomic E-state index is 0.0516. The molecule has 2 aromatic carbocycles. The Kier molecular flexibility index (Phi) is 8.26. The first kappa shape index (κ1) is 23.7. The number of nitrogens with two attached hydrogens (primary N) is 1. The topological polar surface area (TPSA) is 150 Å². The summed E-state index contributed by atoms with van der Waals surface area (Å²) >= 11 is 0. The summed E-state index contributed by atoms with van der Waals surface area (Å²) in [7, 11) is -4.02. The summed E-state index contributed by atoms with van der Waals surface area (Å²) in [6.07, 6.45) is -0.801. The maximum absolute atomic E-state index is 12.9. The summed E-state index contributed by atoms with van der Waals surface area (Å²) in [5.74, 6) is 2.29. The van der Waals surface area contributed by atoms with Crippen molar-refractivity contribution in [3.05, 3.63) is 59.9 Å². The van der Waals surface area contributed by atoms with Gasteiger partial charge in [0.2, 0.25) is 10.0 Å². The lowest BCUT2D eigenvalue weighted by molar-refractivity contribution is -0.143. The number of halogens is 1. The van der Waals surface area contributed by atoms with Crippen LogP contribution in [0.2, 0.25) is 0 Å². The standard InChI is InChI=1S/C19H20FNO6S.H3NO/c20-14-3-1-13(2-4-14)12-27-16-5-7-17(8-6-16)28(25,26)21-10-9-15(22)11-18(21)19(23)24;1-2/h1-8,15,18,22H,9-12H2,(H,23,24);2H,1H2/t15-,18-;/m1./s1. The van der Waals surface area contributed by atoms with Crippen molar-refractivity contribution in [1.82, 2.24) is 4.31 Å². The van der Waals surface area contributed by atoms with Gasteiger partial charge < -0.3 is 20.2 Å². The Balaban J connectivity index is 0.00000155. The summed E-state index contributed by atoms with van der Waals surface area (Å²) in [5.41, 5.74) is 0.759. The van der Waals surface area contributed by atoms with Crippen LogP contribution in [0.25, 0.3) is 0 Å². The van der Waals surface area contributed by atoms with Crippen LogP contribution in [0.5, 0.6) is 5.75 Å². The van der Waals surface area contributed by atoms with Crippen molar-refractivity contribution in [3.63, 3.8) is 0 Å². The van der Waals surface area contributed by atoms with Gasteiger partial charge in [0.15, 0.2) is 0 Å². The third kappa shape index (κ3) is 5.74. The lowest BCUT2D eigenvalue weighted by Gasteiger charge is -2.34. The van der Waals surface area contributed by atoms with E-state index < -0.39 is 28.1 Å². The van der Waals surface area contributed by atoms with E-state index in [0.717, 1.165) is 9.87 Å². The largest absolute Gasteiger partial charge is 0.489 e. The van der Waals surface area contributed by atoms with Gasteiger partial charge in [0.05, 0.1) is 11.0 Å². The SMILES string of the molecule is NO.O=C(O)[C@H]1C[C@H](O)CCN1S(=O)(=O)c1ccc(OCc2ccc(F)cc2)cc1. The third-order valence-corrected chi connectivity index (χ3v) is 6.48. The van der Waals surface area contributed by atoms with E-state index in [-0.39, 0.29) is 36.7 Å². The summed E-state index contributed by atoms with van der Waals surface area (Å²) in [6, 6.07) is 10.2. The zero-order chi connectivity index (χ0) is 22.3. The maximum atomic E-state index is 12.9. The normalized spacial score (nSPS) is 19.5. The van der Waals surface area contributed by atoms with E-state index in [1.54, 1.807) is 12.1 Å². The number of rotatable bonds is 6. The molecule has 2 aromatic rings. The highest BCUT2D eigenvalue weighted by atomic mass is 32.2. The summed E-state index contributed by atoms with van der Waals surface area (Å²) in [4.78, 5) is 11.4. The molecule has 1 aliphatic heterocycles. The predicted molar refractivity (Wildman–Crippen MR) is 104 cm³/mol. The Morgan fingerprint density at radius 3 is 2.30 bits per heavy atom.